The van der Waals surface area contributed by atoms with Crippen molar-refractivity contribution in [2.75, 3.05) is 20.2 Å². The maximum atomic E-state index is 12.4. The zero-order chi connectivity index (χ0) is 19.0. The van der Waals surface area contributed by atoms with Gasteiger partial charge in [0, 0.05) is 36.5 Å². The molecule has 1 heterocycles. The van der Waals surface area contributed by atoms with Gasteiger partial charge in [0.05, 0.1) is 0 Å². The molecule has 2 rings (SSSR count). The van der Waals surface area contributed by atoms with E-state index in [2.05, 4.69) is 28.6 Å². The fourth-order valence-corrected chi connectivity index (χ4v) is 3.06. The molecule has 8 heteroatoms. The maximum absolute atomic E-state index is 12.4. The Labute approximate surface area is 155 Å². The van der Waals surface area contributed by atoms with Gasteiger partial charge in [0.2, 0.25) is 0 Å². The van der Waals surface area contributed by atoms with Crippen LogP contribution in [-0.4, -0.2) is 32.3 Å². The summed E-state index contributed by atoms with van der Waals surface area (Å²) in [5, 5.41) is 8.37. The molecule has 0 saturated carbocycles. The molecule has 1 unspecified atom stereocenters. The van der Waals surface area contributed by atoms with Gasteiger partial charge in [-0.15, -0.1) is 11.3 Å². The van der Waals surface area contributed by atoms with Crippen LogP contribution in [0, 0.1) is 0 Å². The summed E-state index contributed by atoms with van der Waals surface area (Å²) in [6, 6.07) is 10.7. The minimum absolute atomic E-state index is 0.208. The lowest BCUT2D eigenvalue weighted by Gasteiger charge is -2.17. The Balaban J connectivity index is 1.88. The van der Waals surface area contributed by atoms with Crippen LogP contribution in [0.25, 0.3) is 0 Å². The predicted molar refractivity (Wildman–Crippen MR) is 98.9 cm³/mol. The summed E-state index contributed by atoms with van der Waals surface area (Å²) >= 11 is 1.70. The zero-order valence-electron chi connectivity index (χ0n) is 14.6. The lowest BCUT2D eigenvalue weighted by Crippen LogP contribution is -2.38. The monoisotopic (exact) mass is 385 g/mol. The van der Waals surface area contributed by atoms with E-state index in [9.17, 15) is 13.2 Å². The lowest BCUT2D eigenvalue weighted by molar-refractivity contribution is -0.153. The highest BCUT2D eigenvalue weighted by atomic mass is 32.1. The van der Waals surface area contributed by atoms with Gasteiger partial charge >= 0.3 is 6.18 Å². The van der Waals surface area contributed by atoms with E-state index in [0.29, 0.717) is 30.5 Å². The molecule has 0 aliphatic heterocycles. The second kappa shape index (κ2) is 9.47. The predicted octanol–water partition coefficient (Wildman–Crippen LogP) is 4.16. The molecular formula is C18H22F3N3OS. The highest BCUT2D eigenvalue weighted by Gasteiger charge is 2.28. The van der Waals surface area contributed by atoms with E-state index >= 15 is 0 Å². The average Bonchev–Trinajstić information content (AvgIpc) is 3.14. The van der Waals surface area contributed by atoms with Crippen molar-refractivity contribution >= 4 is 17.3 Å². The molecule has 1 atom stereocenters. The molecule has 1 aromatic heterocycles. The van der Waals surface area contributed by atoms with Gasteiger partial charge in [0.15, 0.2) is 12.6 Å². The fraction of sp³-hybridized carbons (Fsp3) is 0.389. The molecule has 0 fully saturated rings. The first-order valence-corrected chi connectivity index (χ1v) is 9.02. The van der Waals surface area contributed by atoms with E-state index in [1.165, 1.54) is 10.9 Å². The minimum Gasteiger partial charge on any atom is -0.484 e. The maximum Gasteiger partial charge on any atom is 0.422 e. The average molecular weight is 385 g/mol. The number of rotatable bonds is 7. The summed E-state index contributed by atoms with van der Waals surface area (Å²) in [5.74, 6) is 1.12. The van der Waals surface area contributed by atoms with Crippen LogP contribution < -0.4 is 15.4 Å². The van der Waals surface area contributed by atoms with Gasteiger partial charge in [0.1, 0.15) is 5.75 Å². The van der Waals surface area contributed by atoms with Crippen LogP contribution in [0.15, 0.2) is 46.8 Å². The number of ether oxygens (including phenoxy) is 1. The number of hydrogen-bond acceptors (Lipinski definition) is 3. The first-order valence-electron chi connectivity index (χ1n) is 8.14. The van der Waals surface area contributed by atoms with E-state index in [1.807, 2.05) is 11.4 Å². The molecule has 0 spiro atoms. The second-order valence-corrected chi connectivity index (χ2v) is 6.71. The third-order valence-corrected chi connectivity index (χ3v) is 4.74. The molecule has 2 aromatic rings. The number of alkyl halides is 3. The molecule has 1 aromatic carbocycles. The molecule has 2 N–H and O–H groups in total. The third kappa shape index (κ3) is 6.59. The van der Waals surface area contributed by atoms with E-state index in [1.54, 1.807) is 36.6 Å². The Bertz CT molecular complexity index is 702. The summed E-state index contributed by atoms with van der Waals surface area (Å²) in [7, 11) is 1.65. The van der Waals surface area contributed by atoms with Crippen molar-refractivity contribution in [2.24, 2.45) is 4.99 Å². The van der Waals surface area contributed by atoms with Crippen molar-refractivity contribution in [3.05, 3.63) is 52.2 Å². The van der Waals surface area contributed by atoms with Crippen molar-refractivity contribution in [1.82, 2.24) is 10.6 Å². The Kier molecular flexibility index (Phi) is 7.32. The summed E-state index contributed by atoms with van der Waals surface area (Å²) in [6.45, 7) is 1.81. The molecule has 26 heavy (non-hydrogen) atoms. The van der Waals surface area contributed by atoms with E-state index in [0.717, 1.165) is 0 Å². The SMILES string of the molecule is CN=C(NCc1ccccc1OCC(F)(F)F)NCC(C)c1cccs1. The molecule has 0 aliphatic carbocycles. The topological polar surface area (TPSA) is 45.7 Å². The van der Waals surface area contributed by atoms with Crippen molar-refractivity contribution in [3.63, 3.8) is 0 Å². The van der Waals surface area contributed by atoms with Gasteiger partial charge < -0.3 is 15.4 Å². The molecule has 0 saturated heterocycles. The number of nitrogens with one attached hydrogen (secondary N) is 2. The highest BCUT2D eigenvalue weighted by molar-refractivity contribution is 7.10. The first-order chi connectivity index (χ1) is 12.4. The summed E-state index contributed by atoms with van der Waals surface area (Å²) < 4.78 is 42.0. The first kappa shape index (κ1) is 20.1. The number of halogens is 3. The normalized spacial score (nSPS) is 13.3. The zero-order valence-corrected chi connectivity index (χ0v) is 15.5. The summed E-state index contributed by atoms with van der Waals surface area (Å²) in [4.78, 5) is 5.43. The number of hydrogen-bond donors (Lipinski definition) is 2. The van der Waals surface area contributed by atoms with Crippen LogP contribution in [0.4, 0.5) is 13.2 Å². The molecular weight excluding hydrogens is 363 g/mol. The Hall–Kier alpha value is -2.22. The minimum atomic E-state index is -4.37. The van der Waals surface area contributed by atoms with Gasteiger partial charge in [-0.2, -0.15) is 13.2 Å². The van der Waals surface area contributed by atoms with Crippen LogP contribution in [0.1, 0.15) is 23.3 Å². The van der Waals surface area contributed by atoms with E-state index in [4.69, 9.17) is 4.74 Å². The second-order valence-electron chi connectivity index (χ2n) is 5.73. The van der Waals surface area contributed by atoms with Crippen molar-refractivity contribution in [2.45, 2.75) is 25.6 Å². The molecule has 0 aliphatic rings. The van der Waals surface area contributed by atoms with Gasteiger partial charge in [-0.1, -0.05) is 31.2 Å². The quantitative estimate of drug-likeness (QED) is 0.556. The molecule has 4 nitrogen and oxygen atoms in total. The number of aliphatic imine (C=N–C) groups is 1. The van der Waals surface area contributed by atoms with Crippen LogP contribution in [0.2, 0.25) is 0 Å². The van der Waals surface area contributed by atoms with Crippen molar-refractivity contribution < 1.29 is 17.9 Å². The number of nitrogens with zero attached hydrogens (tertiary/aromatic N) is 1. The molecule has 0 bridgehead atoms. The Morgan fingerprint density at radius 1 is 1.19 bits per heavy atom. The highest BCUT2D eigenvalue weighted by Crippen LogP contribution is 2.22. The number of guanidine groups is 1. The number of thiophene rings is 1. The van der Waals surface area contributed by atoms with Crippen molar-refractivity contribution in [1.29, 1.82) is 0 Å². The van der Waals surface area contributed by atoms with Gasteiger partial charge in [0.25, 0.3) is 0 Å². The van der Waals surface area contributed by atoms with Gasteiger partial charge in [-0.05, 0) is 17.5 Å². The van der Waals surface area contributed by atoms with Crippen LogP contribution in [0.3, 0.4) is 0 Å². The lowest BCUT2D eigenvalue weighted by atomic mass is 10.1. The van der Waals surface area contributed by atoms with Crippen LogP contribution >= 0.6 is 11.3 Å². The van der Waals surface area contributed by atoms with Crippen molar-refractivity contribution in [3.8, 4) is 5.75 Å². The fourth-order valence-electron chi connectivity index (χ4n) is 2.27. The molecule has 142 valence electrons. The van der Waals surface area contributed by atoms with E-state index < -0.39 is 12.8 Å². The summed E-state index contributed by atoms with van der Waals surface area (Å²) in [5.41, 5.74) is 0.631. The Morgan fingerprint density at radius 3 is 2.62 bits per heavy atom. The molecule has 0 amide bonds. The smallest absolute Gasteiger partial charge is 0.422 e. The molecule has 0 radical (unpaired) electrons. The Morgan fingerprint density at radius 2 is 1.96 bits per heavy atom. The largest absolute Gasteiger partial charge is 0.484 e. The van der Waals surface area contributed by atoms with Crippen LogP contribution in [-0.2, 0) is 6.54 Å². The summed E-state index contributed by atoms with van der Waals surface area (Å²) in [6.07, 6.45) is -4.37. The third-order valence-electron chi connectivity index (χ3n) is 3.64. The standard InChI is InChI=1S/C18H22F3N3OS/c1-13(16-8-5-9-26-16)10-23-17(22-2)24-11-14-6-3-4-7-15(14)25-12-18(19,20)21/h3-9,13H,10-12H2,1-2H3,(H2,22,23,24). The number of benzene rings is 1. The van der Waals surface area contributed by atoms with Gasteiger partial charge in [-0.25, -0.2) is 0 Å². The van der Waals surface area contributed by atoms with Crippen LogP contribution in [0.5, 0.6) is 5.75 Å². The number of para-hydroxylation sites is 1. The van der Waals surface area contributed by atoms with E-state index in [-0.39, 0.29) is 5.75 Å². The van der Waals surface area contributed by atoms with Gasteiger partial charge in [-0.3, -0.25) is 4.99 Å².